The van der Waals surface area contributed by atoms with E-state index in [9.17, 15) is 19.7 Å². The van der Waals surface area contributed by atoms with Crippen LogP contribution in [0.5, 0.6) is 0 Å². The van der Waals surface area contributed by atoms with Crippen molar-refractivity contribution in [3.63, 3.8) is 0 Å². The quantitative estimate of drug-likeness (QED) is 0.416. The zero-order chi connectivity index (χ0) is 14.1. The van der Waals surface area contributed by atoms with Gasteiger partial charge in [-0.15, -0.1) is 0 Å². The fourth-order valence-corrected chi connectivity index (χ4v) is 1.92. The standard InChI is InChI=1S/C10H16N2O6/c1-6(2)5-8-9(14)18-10(4,17-7(3)13)11(8)12(15)16/h6,8H,5H2,1-4H3/t8-,10-/m0/s1. The lowest BCUT2D eigenvalue weighted by Crippen LogP contribution is -2.52. The van der Waals surface area contributed by atoms with Crippen LogP contribution in [0.3, 0.4) is 0 Å². The first-order chi connectivity index (χ1) is 8.17. The smallest absolute Gasteiger partial charge is 0.391 e. The number of carbonyl (C=O) groups excluding carboxylic acids is 2. The van der Waals surface area contributed by atoms with Gasteiger partial charge in [0.15, 0.2) is 11.1 Å². The van der Waals surface area contributed by atoms with Gasteiger partial charge in [0.1, 0.15) is 0 Å². The monoisotopic (exact) mass is 260 g/mol. The fourth-order valence-electron chi connectivity index (χ4n) is 1.92. The average Bonchev–Trinajstić information content (AvgIpc) is 2.34. The van der Waals surface area contributed by atoms with E-state index in [0.29, 0.717) is 5.01 Å². The SMILES string of the molecule is CC(=O)O[C@@]1(C)OC(=O)[C@H](CC(C)C)N1[N+](=O)[O-]. The van der Waals surface area contributed by atoms with Crippen molar-refractivity contribution in [2.45, 2.75) is 46.1 Å². The number of cyclic esters (lactones) is 1. The van der Waals surface area contributed by atoms with Crippen molar-refractivity contribution in [2.75, 3.05) is 0 Å². The molecule has 2 atom stereocenters. The molecule has 0 aliphatic carbocycles. The number of hydrazine groups is 1. The average molecular weight is 260 g/mol. The summed E-state index contributed by atoms with van der Waals surface area (Å²) in [6.07, 6.45) is 0.247. The maximum atomic E-state index is 11.7. The molecule has 0 aromatic heterocycles. The predicted molar refractivity (Wildman–Crippen MR) is 58.3 cm³/mol. The molecule has 1 aliphatic rings. The van der Waals surface area contributed by atoms with Crippen LogP contribution in [0.4, 0.5) is 0 Å². The molecule has 0 N–H and O–H groups in total. The summed E-state index contributed by atoms with van der Waals surface area (Å²) >= 11 is 0. The summed E-state index contributed by atoms with van der Waals surface area (Å²) in [5.74, 6) is -3.44. The molecule has 8 heteroatoms. The van der Waals surface area contributed by atoms with E-state index in [2.05, 4.69) is 0 Å². The number of rotatable bonds is 4. The van der Waals surface area contributed by atoms with E-state index in [1.807, 2.05) is 13.8 Å². The second-order valence-electron chi connectivity index (χ2n) is 4.64. The molecule has 0 saturated carbocycles. The third-order valence-corrected chi connectivity index (χ3v) is 2.48. The molecule has 8 nitrogen and oxygen atoms in total. The minimum Gasteiger partial charge on any atom is -0.400 e. The van der Waals surface area contributed by atoms with Crippen molar-refractivity contribution >= 4 is 11.9 Å². The topological polar surface area (TPSA) is 99.0 Å². The minimum absolute atomic E-state index is 0.0599. The first kappa shape index (κ1) is 14.2. The molecule has 1 saturated heterocycles. The highest BCUT2D eigenvalue weighted by Gasteiger charge is 2.60. The summed E-state index contributed by atoms with van der Waals surface area (Å²) in [7, 11) is 0. The van der Waals surface area contributed by atoms with Gasteiger partial charge in [0.05, 0.1) is 0 Å². The van der Waals surface area contributed by atoms with Crippen molar-refractivity contribution in [3.8, 4) is 0 Å². The second kappa shape index (κ2) is 4.79. The molecule has 0 spiro atoms. The Morgan fingerprint density at radius 2 is 2.22 bits per heavy atom. The molecule has 0 aromatic rings. The number of esters is 2. The Morgan fingerprint density at radius 1 is 1.67 bits per heavy atom. The van der Waals surface area contributed by atoms with Crippen LogP contribution in [0, 0.1) is 16.0 Å². The van der Waals surface area contributed by atoms with E-state index >= 15 is 0 Å². The third-order valence-electron chi connectivity index (χ3n) is 2.48. The molecule has 0 aromatic carbocycles. The lowest BCUT2D eigenvalue weighted by atomic mass is 10.0. The Kier molecular flexibility index (Phi) is 3.78. The molecule has 1 rings (SSSR count). The molecule has 1 fully saturated rings. The Labute approximate surface area is 104 Å². The molecular formula is C10H16N2O6. The van der Waals surface area contributed by atoms with Gasteiger partial charge >= 0.3 is 17.8 Å². The Balaban J connectivity index is 3.04. The molecule has 1 aliphatic heterocycles. The van der Waals surface area contributed by atoms with Crippen LogP contribution in [0.2, 0.25) is 0 Å². The summed E-state index contributed by atoms with van der Waals surface area (Å²) in [4.78, 5) is 33.7. The number of hydrogen-bond donors (Lipinski definition) is 0. The van der Waals surface area contributed by atoms with Crippen LogP contribution in [0.1, 0.15) is 34.1 Å². The molecule has 0 unspecified atom stereocenters. The highest BCUT2D eigenvalue weighted by atomic mass is 16.8. The molecule has 102 valence electrons. The van der Waals surface area contributed by atoms with Gasteiger partial charge in [-0.05, 0) is 17.3 Å². The first-order valence-electron chi connectivity index (χ1n) is 5.53. The molecular weight excluding hydrogens is 244 g/mol. The van der Waals surface area contributed by atoms with Crippen LogP contribution in [-0.4, -0.2) is 33.9 Å². The maximum absolute atomic E-state index is 11.7. The molecule has 1 heterocycles. The van der Waals surface area contributed by atoms with Crippen molar-refractivity contribution < 1.29 is 24.1 Å². The van der Waals surface area contributed by atoms with Gasteiger partial charge in [0.2, 0.25) is 0 Å². The summed E-state index contributed by atoms with van der Waals surface area (Å²) in [6, 6.07) is -1.05. The van der Waals surface area contributed by atoms with Gasteiger partial charge in [0.25, 0.3) is 0 Å². The molecule has 18 heavy (non-hydrogen) atoms. The highest BCUT2D eigenvalue weighted by Crippen LogP contribution is 2.32. The minimum atomic E-state index is -1.98. The van der Waals surface area contributed by atoms with E-state index in [1.165, 1.54) is 6.92 Å². The summed E-state index contributed by atoms with van der Waals surface area (Å²) in [5, 5.41) is 10.8. The third kappa shape index (κ3) is 2.69. The number of nitrogens with zero attached hydrogens (tertiary/aromatic N) is 2. The van der Waals surface area contributed by atoms with E-state index in [4.69, 9.17) is 9.47 Å². The first-order valence-corrected chi connectivity index (χ1v) is 5.53. The molecule has 0 bridgehead atoms. The van der Waals surface area contributed by atoms with Crippen LogP contribution in [0.25, 0.3) is 0 Å². The predicted octanol–water partition coefficient (Wildman–Crippen LogP) is 0.688. The van der Waals surface area contributed by atoms with Crippen molar-refractivity contribution in [1.29, 1.82) is 0 Å². The van der Waals surface area contributed by atoms with Gasteiger partial charge in [-0.1, -0.05) is 13.8 Å². The molecule has 0 radical (unpaired) electrons. The number of hydrogen-bond acceptors (Lipinski definition) is 6. The van der Waals surface area contributed by atoms with Gasteiger partial charge in [-0.2, -0.15) is 0 Å². The summed E-state index contributed by atoms with van der Waals surface area (Å²) in [6.45, 7) is 5.92. The zero-order valence-electron chi connectivity index (χ0n) is 10.7. The van der Waals surface area contributed by atoms with Crippen LogP contribution in [-0.2, 0) is 19.1 Å². The lowest BCUT2D eigenvalue weighted by Gasteiger charge is -2.26. The molecule has 0 amide bonds. The highest BCUT2D eigenvalue weighted by molar-refractivity contribution is 5.78. The lowest BCUT2D eigenvalue weighted by molar-refractivity contribution is -0.699. The number of nitro groups is 1. The number of ether oxygens (including phenoxy) is 2. The maximum Gasteiger partial charge on any atom is 0.391 e. The summed E-state index contributed by atoms with van der Waals surface area (Å²) < 4.78 is 9.61. The Bertz CT molecular complexity index is 383. The largest absolute Gasteiger partial charge is 0.400 e. The van der Waals surface area contributed by atoms with Crippen molar-refractivity contribution in [2.24, 2.45) is 5.92 Å². The van der Waals surface area contributed by atoms with Gasteiger partial charge < -0.3 is 9.47 Å². The normalized spacial score (nSPS) is 27.3. The van der Waals surface area contributed by atoms with E-state index in [-0.39, 0.29) is 12.3 Å². The van der Waals surface area contributed by atoms with Crippen molar-refractivity contribution in [1.82, 2.24) is 5.01 Å². The van der Waals surface area contributed by atoms with Gasteiger partial charge in [-0.3, -0.25) is 4.79 Å². The van der Waals surface area contributed by atoms with E-state index in [0.717, 1.165) is 6.92 Å². The zero-order valence-corrected chi connectivity index (χ0v) is 10.7. The Morgan fingerprint density at radius 3 is 2.61 bits per heavy atom. The van der Waals surface area contributed by atoms with Gasteiger partial charge in [0, 0.05) is 13.8 Å². The number of carbonyl (C=O) groups is 2. The van der Waals surface area contributed by atoms with Crippen LogP contribution < -0.4 is 0 Å². The van der Waals surface area contributed by atoms with E-state index in [1.54, 1.807) is 0 Å². The fraction of sp³-hybridized carbons (Fsp3) is 0.800. The van der Waals surface area contributed by atoms with Crippen LogP contribution >= 0.6 is 0 Å². The van der Waals surface area contributed by atoms with E-state index < -0.39 is 28.9 Å². The van der Waals surface area contributed by atoms with Gasteiger partial charge in [-0.25, -0.2) is 14.9 Å². The van der Waals surface area contributed by atoms with Crippen LogP contribution in [0.15, 0.2) is 0 Å². The summed E-state index contributed by atoms with van der Waals surface area (Å²) in [5.41, 5.74) is 0. The van der Waals surface area contributed by atoms with Crippen molar-refractivity contribution in [3.05, 3.63) is 10.1 Å². The Hall–Kier alpha value is -1.86. The second-order valence-corrected chi connectivity index (χ2v) is 4.64.